The lowest BCUT2D eigenvalue weighted by atomic mass is 10.1. The highest BCUT2D eigenvalue weighted by atomic mass is 16.5. The van der Waals surface area contributed by atoms with E-state index in [4.69, 9.17) is 14.2 Å². The first kappa shape index (κ1) is 15.9. The van der Waals surface area contributed by atoms with Gasteiger partial charge in [-0.1, -0.05) is 18.2 Å². The molecule has 0 aliphatic carbocycles. The second-order valence-electron chi connectivity index (χ2n) is 5.19. The van der Waals surface area contributed by atoms with Crippen LogP contribution >= 0.6 is 0 Å². The van der Waals surface area contributed by atoms with E-state index < -0.39 is 0 Å². The number of benzene rings is 1. The van der Waals surface area contributed by atoms with E-state index in [0.29, 0.717) is 12.5 Å². The summed E-state index contributed by atoms with van der Waals surface area (Å²) in [6.45, 7) is 6.24. The first-order chi connectivity index (χ1) is 10.3. The molecule has 1 aliphatic heterocycles. The van der Waals surface area contributed by atoms with Crippen molar-refractivity contribution in [3.05, 3.63) is 29.8 Å². The van der Waals surface area contributed by atoms with Crippen molar-refractivity contribution in [1.82, 2.24) is 5.32 Å². The molecule has 4 heteroatoms. The van der Waals surface area contributed by atoms with Gasteiger partial charge in [0, 0.05) is 19.7 Å². The van der Waals surface area contributed by atoms with E-state index in [0.717, 1.165) is 49.8 Å². The molecule has 1 atom stereocenters. The third-order valence-corrected chi connectivity index (χ3v) is 3.54. The average Bonchev–Trinajstić information content (AvgIpc) is 3.01. The zero-order chi connectivity index (χ0) is 14.9. The standard InChI is InChI=1S/C17H25NO3/c1-3-4-14-5-6-16(17(11-14)19-2)21-10-8-18-12-15-7-9-20-13-15/h3-6,11,15,18H,7-10,12-13H2,1-2H3. The number of methoxy groups -OCH3 is 1. The van der Waals surface area contributed by atoms with E-state index in [9.17, 15) is 0 Å². The summed E-state index contributed by atoms with van der Waals surface area (Å²) >= 11 is 0. The molecule has 1 aromatic carbocycles. The summed E-state index contributed by atoms with van der Waals surface area (Å²) in [6, 6.07) is 5.97. The van der Waals surface area contributed by atoms with Crippen LogP contribution in [0.5, 0.6) is 11.5 Å². The number of allylic oxidation sites excluding steroid dienone is 1. The van der Waals surface area contributed by atoms with Gasteiger partial charge in [0.25, 0.3) is 0 Å². The molecule has 116 valence electrons. The highest BCUT2D eigenvalue weighted by molar-refractivity contribution is 5.55. The van der Waals surface area contributed by atoms with Crippen LogP contribution in [0.4, 0.5) is 0 Å². The molecule has 21 heavy (non-hydrogen) atoms. The minimum Gasteiger partial charge on any atom is -0.493 e. The summed E-state index contributed by atoms with van der Waals surface area (Å²) in [5.41, 5.74) is 1.11. The number of hydrogen-bond donors (Lipinski definition) is 1. The molecule has 0 radical (unpaired) electrons. The minimum absolute atomic E-state index is 0.632. The molecule has 1 aromatic rings. The summed E-state index contributed by atoms with van der Waals surface area (Å²) < 4.78 is 16.5. The molecule has 1 saturated heterocycles. The average molecular weight is 291 g/mol. The normalized spacial score (nSPS) is 18.3. The van der Waals surface area contributed by atoms with Gasteiger partial charge < -0.3 is 19.5 Å². The molecule has 0 bridgehead atoms. The third-order valence-electron chi connectivity index (χ3n) is 3.54. The van der Waals surface area contributed by atoms with Gasteiger partial charge in [0.2, 0.25) is 0 Å². The van der Waals surface area contributed by atoms with Gasteiger partial charge >= 0.3 is 0 Å². The Labute approximate surface area is 127 Å². The van der Waals surface area contributed by atoms with Crippen molar-refractivity contribution in [3.63, 3.8) is 0 Å². The number of nitrogens with one attached hydrogen (secondary N) is 1. The van der Waals surface area contributed by atoms with E-state index >= 15 is 0 Å². The lowest BCUT2D eigenvalue weighted by Gasteiger charge is -2.13. The number of rotatable bonds is 8. The molecule has 0 amide bonds. The number of ether oxygens (including phenoxy) is 3. The fourth-order valence-electron chi connectivity index (χ4n) is 2.38. The van der Waals surface area contributed by atoms with Crippen molar-refractivity contribution >= 4 is 6.08 Å². The lowest BCUT2D eigenvalue weighted by Crippen LogP contribution is -2.27. The second kappa shape index (κ2) is 8.70. The van der Waals surface area contributed by atoms with E-state index in [1.165, 1.54) is 0 Å². The maximum absolute atomic E-state index is 5.78. The monoisotopic (exact) mass is 291 g/mol. The first-order valence-electron chi connectivity index (χ1n) is 7.55. The topological polar surface area (TPSA) is 39.7 Å². The van der Waals surface area contributed by atoms with Crippen LogP contribution in [0, 0.1) is 5.92 Å². The molecule has 4 nitrogen and oxygen atoms in total. The highest BCUT2D eigenvalue weighted by Gasteiger charge is 2.14. The van der Waals surface area contributed by atoms with Crippen LogP contribution in [0.2, 0.25) is 0 Å². The smallest absolute Gasteiger partial charge is 0.161 e. The van der Waals surface area contributed by atoms with Gasteiger partial charge in [0.1, 0.15) is 6.61 Å². The molecule has 1 heterocycles. The van der Waals surface area contributed by atoms with Gasteiger partial charge in [-0.25, -0.2) is 0 Å². The van der Waals surface area contributed by atoms with Gasteiger partial charge in [0.15, 0.2) is 11.5 Å². The number of hydrogen-bond acceptors (Lipinski definition) is 4. The fourth-order valence-corrected chi connectivity index (χ4v) is 2.38. The molecule has 1 N–H and O–H groups in total. The van der Waals surface area contributed by atoms with Crippen LogP contribution in [0.1, 0.15) is 18.9 Å². The van der Waals surface area contributed by atoms with Crippen molar-refractivity contribution < 1.29 is 14.2 Å². The Hall–Kier alpha value is -1.52. The van der Waals surface area contributed by atoms with Gasteiger partial charge in [-0.2, -0.15) is 0 Å². The quantitative estimate of drug-likeness (QED) is 0.748. The highest BCUT2D eigenvalue weighted by Crippen LogP contribution is 2.28. The van der Waals surface area contributed by atoms with Gasteiger partial charge in [-0.05, 0) is 37.0 Å². The van der Waals surface area contributed by atoms with Crippen molar-refractivity contribution in [2.24, 2.45) is 5.92 Å². The Morgan fingerprint density at radius 1 is 1.38 bits per heavy atom. The van der Waals surface area contributed by atoms with E-state index in [1.807, 2.05) is 37.3 Å². The molecule has 1 fully saturated rings. The predicted octanol–water partition coefficient (Wildman–Crippen LogP) is 2.73. The summed E-state index contributed by atoms with van der Waals surface area (Å²) in [6.07, 6.45) is 5.21. The molecule has 0 spiro atoms. The third kappa shape index (κ3) is 5.06. The van der Waals surface area contributed by atoms with Crippen molar-refractivity contribution in [3.8, 4) is 11.5 Å². The summed E-state index contributed by atoms with van der Waals surface area (Å²) in [7, 11) is 1.67. The first-order valence-corrected chi connectivity index (χ1v) is 7.55. The Kier molecular flexibility index (Phi) is 6.57. The predicted molar refractivity (Wildman–Crippen MR) is 85.0 cm³/mol. The molecule has 1 aliphatic rings. The van der Waals surface area contributed by atoms with E-state index in [1.54, 1.807) is 7.11 Å². The molecular formula is C17H25NO3. The zero-order valence-corrected chi connectivity index (χ0v) is 12.9. The minimum atomic E-state index is 0.632. The Bertz CT molecular complexity index is 453. The summed E-state index contributed by atoms with van der Waals surface area (Å²) in [5, 5.41) is 3.41. The lowest BCUT2D eigenvalue weighted by molar-refractivity contribution is 0.184. The van der Waals surface area contributed by atoms with Gasteiger partial charge in [-0.3, -0.25) is 0 Å². The maximum atomic E-state index is 5.78. The maximum Gasteiger partial charge on any atom is 0.161 e. The Morgan fingerprint density at radius 2 is 2.29 bits per heavy atom. The fraction of sp³-hybridized carbons (Fsp3) is 0.529. The summed E-state index contributed by atoms with van der Waals surface area (Å²) in [4.78, 5) is 0. The van der Waals surface area contributed by atoms with Crippen molar-refractivity contribution in [2.75, 3.05) is 40.0 Å². The van der Waals surface area contributed by atoms with Crippen LogP contribution in [0.15, 0.2) is 24.3 Å². The molecule has 0 saturated carbocycles. The molecule has 2 rings (SSSR count). The molecule has 0 aromatic heterocycles. The molecular weight excluding hydrogens is 266 g/mol. The summed E-state index contributed by atoms with van der Waals surface area (Å²) in [5.74, 6) is 2.21. The van der Waals surface area contributed by atoms with Crippen LogP contribution < -0.4 is 14.8 Å². The van der Waals surface area contributed by atoms with Crippen LogP contribution in [-0.2, 0) is 4.74 Å². The second-order valence-corrected chi connectivity index (χ2v) is 5.19. The van der Waals surface area contributed by atoms with Crippen LogP contribution in [0.25, 0.3) is 6.08 Å². The van der Waals surface area contributed by atoms with E-state index in [2.05, 4.69) is 5.32 Å². The SMILES string of the molecule is CC=Cc1ccc(OCCNCC2CCOC2)c(OC)c1. The Morgan fingerprint density at radius 3 is 3.00 bits per heavy atom. The van der Waals surface area contributed by atoms with Crippen LogP contribution in [0.3, 0.4) is 0 Å². The largest absolute Gasteiger partial charge is 0.493 e. The van der Waals surface area contributed by atoms with Gasteiger partial charge in [0.05, 0.1) is 13.7 Å². The zero-order valence-electron chi connectivity index (χ0n) is 12.9. The van der Waals surface area contributed by atoms with Crippen LogP contribution in [-0.4, -0.2) is 40.0 Å². The van der Waals surface area contributed by atoms with E-state index in [-0.39, 0.29) is 0 Å². The molecule has 1 unspecified atom stereocenters. The van der Waals surface area contributed by atoms with Crippen molar-refractivity contribution in [1.29, 1.82) is 0 Å². The van der Waals surface area contributed by atoms with Crippen molar-refractivity contribution in [2.45, 2.75) is 13.3 Å². The van der Waals surface area contributed by atoms with Gasteiger partial charge in [-0.15, -0.1) is 0 Å². The Balaban J connectivity index is 1.74.